The third-order valence-electron chi connectivity index (χ3n) is 4.30. The summed E-state index contributed by atoms with van der Waals surface area (Å²) < 4.78 is 5.50. The van der Waals surface area contributed by atoms with E-state index in [9.17, 15) is 9.59 Å². The van der Waals surface area contributed by atoms with Gasteiger partial charge in [0, 0.05) is 25.9 Å². The summed E-state index contributed by atoms with van der Waals surface area (Å²) in [6.07, 6.45) is 1.79. The van der Waals surface area contributed by atoms with Crippen molar-refractivity contribution in [1.82, 2.24) is 9.88 Å². The second-order valence-electron chi connectivity index (χ2n) is 5.91. The second kappa shape index (κ2) is 5.52. The minimum Gasteiger partial charge on any atom is -0.477 e. The fourth-order valence-electron chi connectivity index (χ4n) is 2.99. The van der Waals surface area contributed by atoms with Crippen LogP contribution in [-0.4, -0.2) is 52.7 Å². The summed E-state index contributed by atoms with van der Waals surface area (Å²) in [5, 5.41) is 9.14. The van der Waals surface area contributed by atoms with Crippen LogP contribution in [0, 0.1) is 13.8 Å². The van der Waals surface area contributed by atoms with Crippen molar-refractivity contribution in [1.29, 1.82) is 0 Å². The molecule has 1 aromatic heterocycles. The third kappa shape index (κ3) is 2.81. The number of carbonyl (C=O) groups is 2. The van der Waals surface area contributed by atoms with Crippen molar-refractivity contribution in [3.05, 3.63) is 22.5 Å². The molecule has 21 heavy (non-hydrogen) atoms. The first-order valence-electron chi connectivity index (χ1n) is 7.06. The first kappa shape index (κ1) is 15.6. The normalized spacial score (nSPS) is 22.4. The molecule has 6 nitrogen and oxygen atoms in total. The number of carboxylic acids is 1. The highest BCUT2D eigenvalue weighted by Crippen LogP contribution is 2.27. The van der Waals surface area contributed by atoms with Gasteiger partial charge in [-0.3, -0.25) is 4.79 Å². The van der Waals surface area contributed by atoms with E-state index < -0.39 is 5.97 Å². The molecule has 0 aromatic carbocycles. The Hall–Kier alpha value is -1.82. The second-order valence-corrected chi connectivity index (χ2v) is 5.91. The number of piperidine rings is 1. The zero-order valence-electron chi connectivity index (χ0n) is 12.9. The summed E-state index contributed by atoms with van der Waals surface area (Å²) in [5.74, 6) is -1.17. The maximum absolute atomic E-state index is 12.7. The molecular formula is C15H22N2O4. The Morgan fingerprint density at radius 2 is 2.05 bits per heavy atom. The zero-order chi connectivity index (χ0) is 15.8. The minimum atomic E-state index is -1.05. The number of hydrogen-bond acceptors (Lipinski definition) is 3. The van der Waals surface area contributed by atoms with Crippen LogP contribution >= 0.6 is 0 Å². The van der Waals surface area contributed by atoms with Crippen LogP contribution in [0.3, 0.4) is 0 Å². The van der Waals surface area contributed by atoms with Crippen molar-refractivity contribution in [3.63, 3.8) is 0 Å². The van der Waals surface area contributed by atoms with E-state index in [-0.39, 0.29) is 17.2 Å². The van der Waals surface area contributed by atoms with Crippen LogP contribution < -0.4 is 0 Å². The van der Waals surface area contributed by atoms with E-state index in [1.54, 1.807) is 25.9 Å². The topological polar surface area (TPSA) is 82.6 Å². The van der Waals surface area contributed by atoms with Gasteiger partial charge in [0.2, 0.25) is 0 Å². The standard InChI is InChI=1S/C15H22N2O4/c1-9-11(10(2)16-12(9)14(19)20)13(18)17-7-5-6-15(3,8-17)21-4/h16H,5-8H2,1-4H3,(H,19,20). The highest BCUT2D eigenvalue weighted by molar-refractivity contribution is 6.00. The number of hydrogen-bond donors (Lipinski definition) is 2. The van der Waals surface area contributed by atoms with E-state index in [1.165, 1.54) is 0 Å². The van der Waals surface area contributed by atoms with Crippen LogP contribution in [0.2, 0.25) is 0 Å². The Labute approximate surface area is 124 Å². The number of carboxylic acid groups (broad SMARTS) is 1. The molecule has 1 aliphatic rings. The molecule has 1 aliphatic heterocycles. The van der Waals surface area contributed by atoms with Gasteiger partial charge in [-0.15, -0.1) is 0 Å². The molecule has 1 aromatic rings. The van der Waals surface area contributed by atoms with Crippen LogP contribution in [0.15, 0.2) is 0 Å². The predicted molar refractivity (Wildman–Crippen MR) is 77.8 cm³/mol. The molecular weight excluding hydrogens is 272 g/mol. The molecule has 1 amide bonds. The van der Waals surface area contributed by atoms with Crippen LogP contribution in [0.5, 0.6) is 0 Å². The lowest BCUT2D eigenvalue weighted by Gasteiger charge is -2.39. The van der Waals surface area contributed by atoms with Gasteiger partial charge in [-0.1, -0.05) is 0 Å². The van der Waals surface area contributed by atoms with Crippen molar-refractivity contribution in [2.24, 2.45) is 0 Å². The number of aromatic nitrogens is 1. The van der Waals surface area contributed by atoms with Gasteiger partial charge in [0.05, 0.1) is 11.2 Å². The number of nitrogens with zero attached hydrogens (tertiary/aromatic N) is 1. The highest BCUT2D eigenvalue weighted by Gasteiger charge is 2.35. The molecule has 1 saturated heterocycles. The molecule has 0 spiro atoms. The number of nitrogens with one attached hydrogen (secondary N) is 1. The van der Waals surface area contributed by atoms with Gasteiger partial charge in [-0.05, 0) is 39.2 Å². The Kier molecular flexibility index (Phi) is 4.09. The summed E-state index contributed by atoms with van der Waals surface area (Å²) >= 11 is 0. The molecule has 1 unspecified atom stereocenters. The van der Waals surface area contributed by atoms with Crippen molar-refractivity contribution in [2.75, 3.05) is 20.2 Å². The number of aromatic carboxylic acids is 1. The molecule has 0 aliphatic carbocycles. The SMILES string of the molecule is COC1(C)CCCN(C(=O)c2c(C)[nH]c(C(=O)O)c2C)C1. The quantitative estimate of drug-likeness (QED) is 0.893. The van der Waals surface area contributed by atoms with Crippen LogP contribution in [0.1, 0.15) is 51.9 Å². The average Bonchev–Trinajstić information content (AvgIpc) is 2.73. The predicted octanol–water partition coefficient (Wildman–Crippen LogP) is 1.97. The number of ether oxygens (including phenoxy) is 1. The first-order valence-corrected chi connectivity index (χ1v) is 7.06. The zero-order valence-corrected chi connectivity index (χ0v) is 12.9. The van der Waals surface area contributed by atoms with E-state index in [4.69, 9.17) is 9.84 Å². The van der Waals surface area contributed by atoms with Crippen molar-refractivity contribution < 1.29 is 19.4 Å². The van der Waals surface area contributed by atoms with Crippen LogP contribution in [0.25, 0.3) is 0 Å². The molecule has 2 rings (SSSR count). The minimum absolute atomic E-state index is 0.0855. The van der Waals surface area contributed by atoms with E-state index in [2.05, 4.69) is 4.98 Å². The fraction of sp³-hybridized carbons (Fsp3) is 0.600. The Morgan fingerprint density at radius 3 is 2.57 bits per heavy atom. The molecule has 6 heteroatoms. The van der Waals surface area contributed by atoms with E-state index >= 15 is 0 Å². The highest BCUT2D eigenvalue weighted by atomic mass is 16.5. The molecule has 0 radical (unpaired) electrons. The molecule has 2 heterocycles. The largest absolute Gasteiger partial charge is 0.477 e. The molecule has 1 atom stereocenters. The van der Waals surface area contributed by atoms with Crippen LogP contribution in [-0.2, 0) is 4.74 Å². The average molecular weight is 294 g/mol. The molecule has 116 valence electrons. The Bertz CT molecular complexity index is 578. The summed E-state index contributed by atoms with van der Waals surface area (Å²) in [6, 6.07) is 0. The summed E-state index contributed by atoms with van der Waals surface area (Å²) in [4.78, 5) is 28.4. The molecule has 2 N–H and O–H groups in total. The van der Waals surface area contributed by atoms with Gasteiger partial charge in [-0.25, -0.2) is 4.79 Å². The maximum Gasteiger partial charge on any atom is 0.352 e. The maximum atomic E-state index is 12.7. The van der Waals surface area contributed by atoms with E-state index in [1.807, 2.05) is 6.92 Å². The van der Waals surface area contributed by atoms with E-state index in [0.717, 1.165) is 12.8 Å². The van der Waals surface area contributed by atoms with Gasteiger partial charge in [0.15, 0.2) is 0 Å². The smallest absolute Gasteiger partial charge is 0.352 e. The monoisotopic (exact) mass is 294 g/mol. The summed E-state index contributed by atoms with van der Waals surface area (Å²) in [6.45, 7) is 6.58. The van der Waals surface area contributed by atoms with Crippen molar-refractivity contribution in [3.8, 4) is 0 Å². The lowest BCUT2D eigenvalue weighted by Crippen LogP contribution is -2.49. The number of methoxy groups -OCH3 is 1. The number of amides is 1. The Balaban J connectivity index is 2.30. The van der Waals surface area contributed by atoms with Crippen LogP contribution in [0.4, 0.5) is 0 Å². The lowest BCUT2D eigenvalue weighted by molar-refractivity contribution is -0.0440. The number of H-pyrrole nitrogens is 1. The molecule has 0 saturated carbocycles. The van der Waals surface area contributed by atoms with Crippen molar-refractivity contribution in [2.45, 2.75) is 39.2 Å². The van der Waals surface area contributed by atoms with Gasteiger partial charge >= 0.3 is 5.97 Å². The van der Waals surface area contributed by atoms with Gasteiger partial charge in [0.25, 0.3) is 5.91 Å². The summed E-state index contributed by atoms with van der Waals surface area (Å²) in [5.41, 5.74) is 1.31. The third-order valence-corrected chi connectivity index (χ3v) is 4.30. The number of likely N-dealkylation sites (tertiary alicyclic amines) is 1. The number of aromatic amines is 1. The van der Waals surface area contributed by atoms with Gasteiger partial charge < -0.3 is 19.7 Å². The fourth-order valence-corrected chi connectivity index (χ4v) is 2.99. The van der Waals surface area contributed by atoms with Crippen molar-refractivity contribution >= 4 is 11.9 Å². The number of carbonyl (C=O) groups excluding carboxylic acids is 1. The first-order chi connectivity index (χ1) is 9.79. The summed E-state index contributed by atoms with van der Waals surface area (Å²) in [7, 11) is 1.66. The Morgan fingerprint density at radius 1 is 1.38 bits per heavy atom. The number of rotatable bonds is 3. The number of aryl methyl sites for hydroxylation is 1. The molecule has 0 bridgehead atoms. The van der Waals surface area contributed by atoms with Gasteiger partial charge in [0.1, 0.15) is 5.69 Å². The molecule has 1 fully saturated rings. The van der Waals surface area contributed by atoms with E-state index in [0.29, 0.717) is 29.9 Å². The van der Waals surface area contributed by atoms with Gasteiger partial charge in [-0.2, -0.15) is 0 Å². The lowest BCUT2D eigenvalue weighted by atomic mass is 9.94.